The number of hydrogen-bond acceptors (Lipinski definition) is 1. The van der Waals surface area contributed by atoms with E-state index in [-0.39, 0.29) is 0 Å². The van der Waals surface area contributed by atoms with Crippen LogP contribution in [0.5, 0.6) is 0 Å². The first-order chi connectivity index (χ1) is 7.25. The Hall–Kier alpha value is -1.24. The predicted octanol–water partition coefficient (Wildman–Crippen LogP) is 3.55. The van der Waals surface area contributed by atoms with E-state index in [0.717, 1.165) is 13.0 Å². The Morgan fingerprint density at radius 1 is 1.33 bits per heavy atom. The standard InChI is InChI=1S/C14H19N/c1-11(2)8-9-15-14-7-6-12-4-3-5-13(12)10-14/h6-7,10,15H,1,3-5,8-9H2,2H3. The third-order valence-electron chi connectivity index (χ3n) is 2.98. The van der Waals surface area contributed by atoms with Crippen molar-refractivity contribution in [1.29, 1.82) is 0 Å². The van der Waals surface area contributed by atoms with Gasteiger partial charge in [0.25, 0.3) is 0 Å². The molecule has 1 aliphatic carbocycles. The van der Waals surface area contributed by atoms with Crippen LogP contribution in [-0.2, 0) is 12.8 Å². The lowest BCUT2D eigenvalue weighted by Gasteiger charge is -2.08. The average Bonchev–Trinajstić information content (AvgIpc) is 2.64. The molecule has 0 saturated carbocycles. The summed E-state index contributed by atoms with van der Waals surface area (Å²) < 4.78 is 0. The number of hydrogen-bond donors (Lipinski definition) is 1. The first-order valence-electron chi connectivity index (χ1n) is 5.76. The maximum Gasteiger partial charge on any atom is 0.0343 e. The van der Waals surface area contributed by atoms with Crippen molar-refractivity contribution in [2.45, 2.75) is 32.6 Å². The zero-order valence-electron chi connectivity index (χ0n) is 9.47. The number of benzene rings is 1. The van der Waals surface area contributed by atoms with Crippen LogP contribution >= 0.6 is 0 Å². The Balaban J connectivity index is 1.95. The molecule has 0 spiro atoms. The molecular weight excluding hydrogens is 182 g/mol. The van der Waals surface area contributed by atoms with Gasteiger partial charge in [0.05, 0.1) is 0 Å². The van der Waals surface area contributed by atoms with E-state index in [9.17, 15) is 0 Å². The van der Waals surface area contributed by atoms with Crippen molar-refractivity contribution >= 4 is 5.69 Å². The zero-order chi connectivity index (χ0) is 10.7. The van der Waals surface area contributed by atoms with Gasteiger partial charge in [0.15, 0.2) is 0 Å². The predicted molar refractivity (Wildman–Crippen MR) is 66.4 cm³/mol. The van der Waals surface area contributed by atoms with Crippen molar-refractivity contribution < 1.29 is 0 Å². The molecule has 0 amide bonds. The molecule has 0 saturated heterocycles. The first kappa shape index (κ1) is 10.3. The highest BCUT2D eigenvalue weighted by Crippen LogP contribution is 2.24. The molecule has 1 heteroatoms. The minimum absolute atomic E-state index is 0.994. The van der Waals surface area contributed by atoms with Gasteiger partial charge in [0.1, 0.15) is 0 Å². The van der Waals surface area contributed by atoms with Crippen LogP contribution in [-0.4, -0.2) is 6.54 Å². The Labute approximate surface area is 92.2 Å². The normalized spacial score (nSPS) is 13.7. The summed E-state index contributed by atoms with van der Waals surface area (Å²) in [5.74, 6) is 0. The molecule has 1 aliphatic rings. The fourth-order valence-corrected chi connectivity index (χ4v) is 2.10. The van der Waals surface area contributed by atoms with Crippen molar-refractivity contribution in [3.8, 4) is 0 Å². The first-order valence-corrected chi connectivity index (χ1v) is 5.76. The van der Waals surface area contributed by atoms with E-state index in [2.05, 4.69) is 37.0 Å². The highest BCUT2D eigenvalue weighted by atomic mass is 14.9. The summed E-state index contributed by atoms with van der Waals surface area (Å²) in [4.78, 5) is 0. The molecular formula is C14H19N. The van der Waals surface area contributed by atoms with E-state index in [1.165, 1.54) is 36.1 Å². The summed E-state index contributed by atoms with van der Waals surface area (Å²) in [7, 11) is 0. The molecule has 1 nitrogen and oxygen atoms in total. The van der Waals surface area contributed by atoms with Gasteiger partial charge >= 0.3 is 0 Å². The summed E-state index contributed by atoms with van der Waals surface area (Å²) in [6, 6.07) is 6.77. The minimum Gasteiger partial charge on any atom is -0.385 e. The molecule has 1 aromatic rings. The van der Waals surface area contributed by atoms with E-state index in [0.29, 0.717) is 0 Å². The van der Waals surface area contributed by atoms with Crippen molar-refractivity contribution in [3.63, 3.8) is 0 Å². The van der Waals surface area contributed by atoms with E-state index in [4.69, 9.17) is 0 Å². The molecule has 0 radical (unpaired) electrons. The maximum absolute atomic E-state index is 3.90. The summed E-state index contributed by atoms with van der Waals surface area (Å²) in [6.45, 7) is 6.97. The molecule has 15 heavy (non-hydrogen) atoms. The van der Waals surface area contributed by atoms with Crippen LogP contribution in [0.1, 0.15) is 30.9 Å². The fraction of sp³-hybridized carbons (Fsp3) is 0.429. The molecule has 0 aliphatic heterocycles. The van der Waals surface area contributed by atoms with Crippen LogP contribution < -0.4 is 5.32 Å². The SMILES string of the molecule is C=C(C)CCNc1ccc2c(c1)CCC2. The van der Waals surface area contributed by atoms with Gasteiger partial charge in [-0.3, -0.25) is 0 Å². The molecule has 1 N–H and O–H groups in total. The quantitative estimate of drug-likeness (QED) is 0.734. The third-order valence-corrected chi connectivity index (χ3v) is 2.98. The van der Waals surface area contributed by atoms with Crippen LogP contribution in [0.15, 0.2) is 30.4 Å². The molecule has 0 atom stereocenters. The van der Waals surface area contributed by atoms with E-state index >= 15 is 0 Å². The second-order valence-corrected chi connectivity index (χ2v) is 4.47. The Kier molecular flexibility index (Phi) is 3.10. The molecule has 0 bridgehead atoms. The van der Waals surface area contributed by atoms with Crippen molar-refractivity contribution in [2.75, 3.05) is 11.9 Å². The van der Waals surface area contributed by atoms with Crippen molar-refractivity contribution in [3.05, 3.63) is 41.5 Å². The summed E-state index contributed by atoms with van der Waals surface area (Å²) in [5, 5.41) is 3.44. The molecule has 0 aromatic heterocycles. The van der Waals surface area contributed by atoms with Gasteiger partial charge in [-0.05, 0) is 55.9 Å². The number of nitrogens with one attached hydrogen (secondary N) is 1. The molecule has 0 fully saturated rings. The zero-order valence-corrected chi connectivity index (χ0v) is 9.47. The van der Waals surface area contributed by atoms with Crippen molar-refractivity contribution in [1.82, 2.24) is 0 Å². The highest BCUT2D eigenvalue weighted by Gasteiger charge is 2.10. The van der Waals surface area contributed by atoms with Gasteiger partial charge in [0, 0.05) is 12.2 Å². The topological polar surface area (TPSA) is 12.0 Å². The molecule has 0 unspecified atom stereocenters. The molecule has 2 rings (SSSR count). The second-order valence-electron chi connectivity index (χ2n) is 4.47. The molecule has 1 aromatic carbocycles. The summed E-state index contributed by atoms with van der Waals surface area (Å²) in [5.41, 5.74) is 5.58. The lowest BCUT2D eigenvalue weighted by Crippen LogP contribution is -2.02. The number of rotatable bonds is 4. The molecule has 0 heterocycles. The number of fused-ring (bicyclic) bond motifs is 1. The average molecular weight is 201 g/mol. The van der Waals surface area contributed by atoms with Gasteiger partial charge in [-0.2, -0.15) is 0 Å². The highest BCUT2D eigenvalue weighted by molar-refractivity contribution is 5.50. The Morgan fingerprint density at radius 3 is 2.93 bits per heavy atom. The fourth-order valence-electron chi connectivity index (χ4n) is 2.10. The van der Waals surface area contributed by atoms with E-state index in [1.807, 2.05) is 0 Å². The number of anilines is 1. The van der Waals surface area contributed by atoms with E-state index in [1.54, 1.807) is 5.56 Å². The van der Waals surface area contributed by atoms with Gasteiger partial charge in [-0.25, -0.2) is 0 Å². The van der Waals surface area contributed by atoms with Crippen LogP contribution in [0.4, 0.5) is 5.69 Å². The van der Waals surface area contributed by atoms with Gasteiger partial charge < -0.3 is 5.32 Å². The summed E-state index contributed by atoms with van der Waals surface area (Å²) >= 11 is 0. The van der Waals surface area contributed by atoms with Crippen LogP contribution in [0.2, 0.25) is 0 Å². The Morgan fingerprint density at radius 2 is 2.13 bits per heavy atom. The van der Waals surface area contributed by atoms with Crippen LogP contribution in [0.25, 0.3) is 0 Å². The van der Waals surface area contributed by atoms with Crippen molar-refractivity contribution in [2.24, 2.45) is 0 Å². The lowest BCUT2D eigenvalue weighted by atomic mass is 10.1. The second kappa shape index (κ2) is 4.52. The summed E-state index contributed by atoms with van der Waals surface area (Å²) in [6.07, 6.45) is 4.90. The van der Waals surface area contributed by atoms with Crippen LogP contribution in [0, 0.1) is 0 Å². The smallest absolute Gasteiger partial charge is 0.0343 e. The minimum atomic E-state index is 0.994. The van der Waals surface area contributed by atoms with Crippen LogP contribution in [0.3, 0.4) is 0 Å². The number of aryl methyl sites for hydroxylation is 2. The third kappa shape index (κ3) is 2.62. The lowest BCUT2D eigenvalue weighted by molar-refractivity contribution is 0.911. The van der Waals surface area contributed by atoms with Gasteiger partial charge in [-0.1, -0.05) is 11.6 Å². The largest absolute Gasteiger partial charge is 0.385 e. The Bertz CT molecular complexity index is 366. The maximum atomic E-state index is 3.90. The van der Waals surface area contributed by atoms with Gasteiger partial charge in [0.2, 0.25) is 0 Å². The van der Waals surface area contributed by atoms with E-state index < -0.39 is 0 Å². The van der Waals surface area contributed by atoms with Gasteiger partial charge in [-0.15, -0.1) is 6.58 Å². The monoisotopic (exact) mass is 201 g/mol. The molecule has 80 valence electrons.